The van der Waals surface area contributed by atoms with Crippen molar-refractivity contribution in [2.24, 2.45) is 0 Å². The molecule has 1 aliphatic heterocycles. The third kappa shape index (κ3) is 4.86. The maximum atomic E-state index is 13.6. The zero-order valence-corrected chi connectivity index (χ0v) is 20.2. The molecule has 0 saturated heterocycles. The molecule has 8 heteroatoms. The van der Waals surface area contributed by atoms with Gasteiger partial charge in [0.05, 0.1) is 12.9 Å². The van der Waals surface area contributed by atoms with Gasteiger partial charge >= 0.3 is 0 Å². The van der Waals surface area contributed by atoms with Gasteiger partial charge in [-0.3, -0.25) is 14.4 Å². The monoisotopic (exact) mass is 465 g/mol. The van der Waals surface area contributed by atoms with Crippen molar-refractivity contribution in [3.8, 4) is 0 Å². The van der Waals surface area contributed by atoms with Gasteiger partial charge in [-0.05, 0) is 44.6 Å². The Morgan fingerprint density at radius 2 is 1.91 bits per heavy atom. The number of benzene rings is 1. The van der Waals surface area contributed by atoms with Crippen LogP contribution in [0.15, 0.2) is 36.7 Å². The number of aryl methyl sites for hydroxylation is 1. The molecule has 1 saturated carbocycles. The van der Waals surface area contributed by atoms with Gasteiger partial charge in [0.1, 0.15) is 11.2 Å². The topological polar surface area (TPSA) is 96.3 Å². The quantitative estimate of drug-likeness (QED) is 0.557. The molecule has 4 rings (SSSR count). The average molecular weight is 466 g/mol. The number of aromatic nitrogens is 2. The van der Waals surface area contributed by atoms with Crippen LogP contribution in [0.5, 0.6) is 0 Å². The van der Waals surface area contributed by atoms with Crippen LogP contribution in [0.2, 0.25) is 0 Å². The number of carbonyl (C=O) groups is 3. The summed E-state index contributed by atoms with van der Waals surface area (Å²) in [7, 11) is 0. The smallest absolute Gasteiger partial charge is 0.273 e. The lowest BCUT2D eigenvalue weighted by Crippen LogP contribution is -2.65. The molecule has 3 amide bonds. The molecule has 1 atom stereocenters. The second kappa shape index (κ2) is 10.4. The predicted molar refractivity (Wildman–Crippen MR) is 129 cm³/mol. The number of fused-ring (bicyclic) bond motifs is 1. The fraction of sp³-hybridized carbons (Fsp3) is 0.538. The van der Waals surface area contributed by atoms with E-state index in [1.165, 1.54) is 11.9 Å². The number of rotatable bonds is 9. The summed E-state index contributed by atoms with van der Waals surface area (Å²) < 4.78 is 1.67. The van der Waals surface area contributed by atoms with E-state index in [9.17, 15) is 14.4 Å². The van der Waals surface area contributed by atoms with E-state index in [0.717, 1.165) is 38.5 Å². The minimum atomic E-state index is -1.02. The van der Waals surface area contributed by atoms with Crippen molar-refractivity contribution in [3.05, 3.63) is 53.6 Å². The van der Waals surface area contributed by atoms with E-state index in [1.807, 2.05) is 32.0 Å². The van der Waals surface area contributed by atoms with Crippen LogP contribution in [0.3, 0.4) is 0 Å². The standard InChI is InChI=1S/C26H35N5O3/c1-3-16-31-24(33)22-21(23(32)27-15-9-12-19-10-5-4-6-11-19)28-18-30(22)17-26(31,2)25(34)29-20-13-7-8-14-20/h4-6,10-11,18,20H,3,7-9,12-17H2,1-2H3,(H,27,32)(H,29,34)/t26-/m1/s1. The van der Waals surface area contributed by atoms with Crippen molar-refractivity contribution in [2.45, 2.75) is 76.9 Å². The van der Waals surface area contributed by atoms with Gasteiger partial charge in [0.15, 0.2) is 5.69 Å². The Balaban J connectivity index is 1.46. The molecular weight excluding hydrogens is 430 g/mol. The van der Waals surface area contributed by atoms with Gasteiger partial charge < -0.3 is 20.1 Å². The first kappa shape index (κ1) is 24.0. The van der Waals surface area contributed by atoms with Crippen LogP contribution in [-0.4, -0.2) is 56.8 Å². The first-order valence-corrected chi connectivity index (χ1v) is 12.4. The van der Waals surface area contributed by atoms with Gasteiger partial charge in [0, 0.05) is 19.1 Å². The Morgan fingerprint density at radius 1 is 1.18 bits per heavy atom. The van der Waals surface area contributed by atoms with Gasteiger partial charge in [0.25, 0.3) is 11.8 Å². The lowest BCUT2D eigenvalue weighted by atomic mass is 9.93. The molecule has 0 bridgehead atoms. The number of nitrogens with one attached hydrogen (secondary N) is 2. The molecule has 2 N–H and O–H groups in total. The van der Waals surface area contributed by atoms with Gasteiger partial charge in [0.2, 0.25) is 5.91 Å². The molecule has 34 heavy (non-hydrogen) atoms. The van der Waals surface area contributed by atoms with Crippen molar-refractivity contribution in [1.29, 1.82) is 0 Å². The third-order valence-corrected chi connectivity index (χ3v) is 6.97. The highest BCUT2D eigenvalue weighted by Gasteiger charge is 2.48. The summed E-state index contributed by atoms with van der Waals surface area (Å²) in [6.45, 7) is 5.01. The maximum Gasteiger partial charge on any atom is 0.273 e. The van der Waals surface area contributed by atoms with Crippen LogP contribution >= 0.6 is 0 Å². The average Bonchev–Trinajstić information content (AvgIpc) is 3.50. The van der Waals surface area contributed by atoms with E-state index in [4.69, 9.17) is 0 Å². The molecule has 0 spiro atoms. The number of hydrogen-bond donors (Lipinski definition) is 2. The highest BCUT2D eigenvalue weighted by atomic mass is 16.2. The minimum absolute atomic E-state index is 0.129. The van der Waals surface area contributed by atoms with Crippen LogP contribution in [0.25, 0.3) is 0 Å². The normalized spacial score (nSPS) is 20.3. The molecule has 182 valence electrons. The summed E-state index contributed by atoms with van der Waals surface area (Å²) in [6, 6.07) is 10.3. The van der Waals surface area contributed by atoms with E-state index < -0.39 is 5.54 Å². The van der Waals surface area contributed by atoms with Gasteiger partial charge in [-0.15, -0.1) is 0 Å². The Labute approximate surface area is 201 Å². The van der Waals surface area contributed by atoms with E-state index in [0.29, 0.717) is 19.5 Å². The first-order chi connectivity index (χ1) is 16.4. The lowest BCUT2D eigenvalue weighted by molar-refractivity contribution is -0.133. The van der Waals surface area contributed by atoms with E-state index in [1.54, 1.807) is 9.47 Å². The molecule has 2 aliphatic rings. The second-order valence-corrected chi connectivity index (χ2v) is 9.60. The number of carbonyl (C=O) groups excluding carboxylic acids is 3. The SMILES string of the molecule is CCCN1C(=O)c2c(C(=O)NCCCc3ccccc3)ncn2C[C@]1(C)C(=O)NC1CCCC1. The van der Waals surface area contributed by atoms with Gasteiger partial charge in [-0.1, -0.05) is 50.1 Å². The number of nitrogens with zero attached hydrogens (tertiary/aromatic N) is 3. The van der Waals surface area contributed by atoms with Crippen molar-refractivity contribution in [3.63, 3.8) is 0 Å². The Bertz CT molecular complexity index is 1030. The molecule has 1 aromatic heterocycles. The summed E-state index contributed by atoms with van der Waals surface area (Å²) in [5.41, 5.74) is 0.591. The third-order valence-electron chi connectivity index (χ3n) is 6.97. The second-order valence-electron chi connectivity index (χ2n) is 9.60. The van der Waals surface area contributed by atoms with Crippen LogP contribution < -0.4 is 10.6 Å². The molecule has 8 nitrogen and oxygen atoms in total. The molecule has 0 radical (unpaired) electrons. The van der Waals surface area contributed by atoms with Crippen LogP contribution in [0.1, 0.15) is 78.9 Å². The maximum absolute atomic E-state index is 13.6. The number of imidazole rings is 1. The molecular formula is C26H35N5O3. The molecule has 1 fully saturated rings. The molecule has 0 unspecified atom stereocenters. The van der Waals surface area contributed by atoms with Crippen molar-refractivity contribution in [2.75, 3.05) is 13.1 Å². The van der Waals surface area contributed by atoms with Crippen molar-refractivity contribution >= 4 is 17.7 Å². The Kier molecular flexibility index (Phi) is 7.34. The largest absolute Gasteiger partial charge is 0.351 e. The molecule has 1 aromatic carbocycles. The predicted octanol–water partition coefficient (Wildman–Crippen LogP) is 2.93. The van der Waals surface area contributed by atoms with E-state index >= 15 is 0 Å². The first-order valence-electron chi connectivity index (χ1n) is 12.4. The minimum Gasteiger partial charge on any atom is -0.351 e. The molecule has 2 heterocycles. The van der Waals surface area contributed by atoms with Crippen LogP contribution in [0, 0.1) is 0 Å². The zero-order valence-electron chi connectivity index (χ0n) is 20.2. The van der Waals surface area contributed by atoms with Gasteiger partial charge in [-0.25, -0.2) is 4.98 Å². The molecule has 1 aliphatic carbocycles. The Morgan fingerprint density at radius 3 is 2.62 bits per heavy atom. The highest BCUT2D eigenvalue weighted by molar-refractivity contribution is 6.07. The number of hydrogen-bond acceptors (Lipinski definition) is 4. The Hall–Kier alpha value is -3.16. The summed E-state index contributed by atoms with van der Waals surface area (Å²) in [5, 5.41) is 6.06. The van der Waals surface area contributed by atoms with Crippen LogP contribution in [-0.2, 0) is 17.8 Å². The zero-order chi connectivity index (χ0) is 24.1. The van der Waals surface area contributed by atoms with E-state index in [-0.39, 0.29) is 41.7 Å². The fourth-order valence-corrected chi connectivity index (χ4v) is 5.06. The van der Waals surface area contributed by atoms with Crippen LogP contribution in [0.4, 0.5) is 0 Å². The van der Waals surface area contributed by atoms with Crippen molar-refractivity contribution < 1.29 is 14.4 Å². The molecule has 2 aromatic rings. The van der Waals surface area contributed by atoms with Gasteiger partial charge in [-0.2, -0.15) is 0 Å². The van der Waals surface area contributed by atoms with E-state index in [2.05, 4.69) is 27.8 Å². The summed E-state index contributed by atoms with van der Waals surface area (Å²) in [5.74, 6) is -0.804. The highest BCUT2D eigenvalue weighted by Crippen LogP contribution is 2.30. The fourth-order valence-electron chi connectivity index (χ4n) is 5.06. The summed E-state index contributed by atoms with van der Waals surface area (Å²) >= 11 is 0. The summed E-state index contributed by atoms with van der Waals surface area (Å²) in [6.07, 6.45) is 8.08. The lowest BCUT2D eigenvalue weighted by Gasteiger charge is -2.44. The summed E-state index contributed by atoms with van der Waals surface area (Å²) in [4.78, 5) is 45.7. The van der Waals surface area contributed by atoms with Crippen molar-refractivity contribution in [1.82, 2.24) is 25.1 Å². The number of amides is 3.